The van der Waals surface area contributed by atoms with Crippen molar-refractivity contribution in [2.24, 2.45) is 0 Å². The Morgan fingerprint density at radius 2 is 1.76 bits per heavy atom. The second-order valence-corrected chi connectivity index (χ2v) is 10.4. The number of carbonyl (C=O) groups excluding carboxylic acids is 3. The number of hydrogen-bond acceptors (Lipinski definition) is 4. The lowest BCUT2D eigenvalue weighted by atomic mass is 9.92. The molecule has 2 unspecified atom stereocenters. The largest absolute Gasteiger partial charge is 0.444 e. The van der Waals surface area contributed by atoms with Crippen LogP contribution in [0.1, 0.15) is 95.9 Å². The summed E-state index contributed by atoms with van der Waals surface area (Å²) in [7, 11) is 0. The second-order valence-electron chi connectivity index (χ2n) is 10.4. The molecule has 0 saturated heterocycles. The van der Waals surface area contributed by atoms with E-state index in [1.807, 2.05) is 39.0 Å². The number of nitrogens with one attached hydrogen (secondary N) is 2. The second kappa shape index (κ2) is 12.2. The summed E-state index contributed by atoms with van der Waals surface area (Å²) in [5.74, 6) is -0.468. The maximum Gasteiger partial charge on any atom is 0.408 e. The zero-order chi connectivity index (χ0) is 25.5. The Morgan fingerprint density at radius 1 is 1.12 bits per heavy atom. The fourth-order valence-corrected chi connectivity index (χ4v) is 4.45. The van der Waals surface area contributed by atoms with Crippen LogP contribution >= 0.6 is 0 Å². The molecule has 3 amide bonds. The van der Waals surface area contributed by atoms with E-state index in [1.54, 1.807) is 32.6 Å². The number of aryl methyl sites for hydroxylation is 1. The van der Waals surface area contributed by atoms with Crippen molar-refractivity contribution in [1.29, 1.82) is 0 Å². The molecular formula is C27H43N3O4. The van der Waals surface area contributed by atoms with Crippen molar-refractivity contribution in [3.63, 3.8) is 0 Å². The van der Waals surface area contributed by atoms with Gasteiger partial charge in [-0.15, -0.1) is 0 Å². The fourth-order valence-electron chi connectivity index (χ4n) is 4.45. The molecule has 1 saturated carbocycles. The van der Waals surface area contributed by atoms with Crippen molar-refractivity contribution >= 4 is 17.9 Å². The highest BCUT2D eigenvalue weighted by Crippen LogP contribution is 2.28. The molecule has 2 N–H and O–H groups in total. The number of alkyl carbamates (subject to hydrolysis) is 1. The van der Waals surface area contributed by atoms with E-state index >= 15 is 0 Å². The standard InChI is InChI=1S/C27H43N3O4/c1-8-17-30(25(32)20(4)28-26(33)34-27(5,6)7)23(22-16-12-13-18(2)19(22)3)24(31)29-21-14-10-9-11-15-21/h12-13,16,20-21,23H,8-11,14-15,17H2,1-7H3,(H,28,33)(H,29,31). The molecular weight excluding hydrogens is 430 g/mol. The number of amides is 3. The third-order valence-electron chi connectivity index (χ3n) is 6.30. The molecule has 0 aliphatic heterocycles. The van der Waals surface area contributed by atoms with Gasteiger partial charge in [0.1, 0.15) is 17.7 Å². The lowest BCUT2D eigenvalue weighted by molar-refractivity contribution is -0.142. The zero-order valence-corrected chi connectivity index (χ0v) is 22.0. The van der Waals surface area contributed by atoms with Gasteiger partial charge in [0.05, 0.1) is 0 Å². The molecule has 2 atom stereocenters. The van der Waals surface area contributed by atoms with Crippen LogP contribution < -0.4 is 10.6 Å². The summed E-state index contributed by atoms with van der Waals surface area (Å²) in [6.45, 7) is 13.3. The van der Waals surface area contributed by atoms with Crippen molar-refractivity contribution < 1.29 is 19.1 Å². The normalized spacial score (nSPS) is 16.3. The van der Waals surface area contributed by atoms with Gasteiger partial charge in [0.2, 0.25) is 11.8 Å². The van der Waals surface area contributed by atoms with Crippen LogP contribution in [0.4, 0.5) is 4.79 Å². The molecule has 0 heterocycles. The molecule has 1 aromatic rings. The van der Waals surface area contributed by atoms with Crippen LogP contribution in [0.25, 0.3) is 0 Å². The molecule has 7 nitrogen and oxygen atoms in total. The van der Waals surface area contributed by atoms with Crippen molar-refractivity contribution in [3.05, 3.63) is 34.9 Å². The van der Waals surface area contributed by atoms with Crippen molar-refractivity contribution in [2.75, 3.05) is 6.54 Å². The van der Waals surface area contributed by atoms with Gasteiger partial charge in [-0.2, -0.15) is 0 Å². The van der Waals surface area contributed by atoms with Gasteiger partial charge in [0.15, 0.2) is 0 Å². The predicted molar refractivity (Wildman–Crippen MR) is 135 cm³/mol. The van der Waals surface area contributed by atoms with Gasteiger partial charge in [0.25, 0.3) is 0 Å². The monoisotopic (exact) mass is 473 g/mol. The number of ether oxygens (including phenoxy) is 1. The van der Waals surface area contributed by atoms with Crippen LogP contribution in [0.5, 0.6) is 0 Å². The van der Waals surface area contributed by atoms with Crippen LogP contribution in [-0.4, -0.2) is 47.0 Å². The molecule has 0 radical (unpaired) electrons. The topological polar surface area (TPSA) is 87.7 Å². The number of nitrogens with zero attached hydrogens (tertiary/aromatic N) is 1. The van der Waals surface area contributed by atoms with E-state index in [0.29, 0.717) is 13.0 Å². The molecule has 1 aromatic carbocycles. The highest BCUT2D eigenvalue weighted by atomic mass is 16.6. The van der Waals surface area contributed by atoms with Gasteiger partial charge < -0.3 is 20.3 Å². The van der Waals surface area contributed by atoms with Gasteiger partial charge in [0, 0.05) is 12.6 Å². The number of rotatable bonds is 8. The van der Waals surface area contributed by atoms with E-state index in [2.05, 4.69) is 10.6 Å². The zero-order valence-electron chi connectivity index (χ0n) is 22.0. The van der Waals surface area contributed by atoms with E-state index < -0.39 is 23.8 Å². The van der Waals surface area contributed by atoms with Crippen molar-refractivity contribution in [3.8, 4) is 0 Å². The summed E-state index contributed by atoms with van der Waals surface area (Å²) in [6, 6.07) is 4.39. The predicted octanol–water partition coefficient (Wildman–Crippen LogP) is 4.95. The number of carbonyl (C=O) groups is 3. The first-order valence-electron chi connectivity index (χ1n) is 12.6. The Bertz CT molecular complexity index is 856. The quantitative estimate of drug-likeness (QED) is 0.559. The number of benzene rings is 1. The maximum atomic E-state index is 13.7. The maximum absolute atomic E-state index is 13.7. The summed E-state index contributed by atoms with van der Waals surface area (Å²) in [4.78, 5) is 41.2. The van der Waals surface area contributed by atoms with E-state index in [1.165, 1.54) is 6.42 Å². The molecule has 34 heavy (non-hydrogen) atoms. The Labute approximate surface area is 205 Å². The summed E-state index contributed by atoms with van der Waals surface area (Å²) >= 11 is 0. The van der Waals surface area contributed by atoms with E-state index in [4.69, 9.17) is 4.74 Å². The van der Waals surface area contributed by atoms with Gasteiger partial charge in [-0.05, 0) is 77.5 Å². The van der Waals surface area contributed by atoms with Crippen LogP contribution in [0, 0.1) is 13.8 Å². The number of hydrogen-bond donors (Lipinski definition) is 2. The molecule has 1 fully saturated rings. The smallest absolute Gasteiger partial charge is 0.408 e. The first-order valence-corrected chi connectivity index (χ1v) is 12.6. The third-order valence-corrected chi connectivity index (χ3v) is 6.30. The molecule has 2 rings (SSSR count). The Balaban J connectivity index is 2.36. The summed E-state index contributed by atoms with van der Waals surface area (Å²) in [5.41, 5.74) is 2.21. The molecule has 1 aliphatic carbocycles. The molecule has 0 aromatic heterocycles. The van der Waals surface area contributed by atoms with Gasteiger partial charge >= 0.3 is 6.09 Å². The lowest BCUT2D eigenvalue weighted by Crippen LogP contribution is -2.53. The average molecular weight is 474 g/mol. The molecule has 7 heteroatoms. The van der Waals surface area contributed by atoms with Crippen LogP contribution in [-0.2, 0) is 14.3 Å². The minimum Gasteiger partial charge on any atom is -0.444 e. The average Bonchev–Trinajstić information content (AvgIpc) is 2.75. The van der Waals surface area contributed by atoms with Crippen LogP contribution in [0.15, 0.2) is 18.2 Å². The minimum absolute atomic E-state index is 0.129. The van der Waals surface area contributed by atoms with E-state index in [-0.39, 0.29) is 17.9 Å². The van der Waals surface area contributed by atoms with Crippen molar-refractivity contribution in [2.45, 2.75) is 111 Å². The van der Waals surface area contributed by atoms with Gasteiger partial charge in [-0.3, -0.25) is 9.59 Å². The summed E-state index contributed by atoms with van der Waals surface area (Å²) in [6.07, 6.45) is 5.36. The SMILES string of the molecule is CCCN(C(=O)C(C)NC(=O)OC(C)(C)C)C(C(=O)NC1CCCCC1)c1cccc(C)c1C. The summed E-state index contributed by atoms with van der Waals surface area (Å²) in [5, 5.41) is 5.87. The van der Waals surface area contributed by atoms with Crippen molar-refractivity contribution in [1.82, 2.24) is 15.5 Å². The van der Waals surface area contributed by atoms with Crippen LogP contribution in [0.2, 0.25) is 0 Å². The van der Waals surface area contributed by atoms with E-state index in [0.717, 1.165) is 42.4 Å². The highest BCUT2D eigenvalue weighted by molar-refractivity contribution is 5.92. The van der Waals surface area contributed by atoms with Gasteiger partial charge in [-0.1, -0.05) is 44.4 Å². The summed E-state index contributed by atoms with van der Waals surface area (Å²) < 4.78 is 5.33. The molecule has 0 spiro atoms. The molecule has 190 valence electrons. The lowest BCUT2D eigenvalue weighted by Gasteiger charge is -2.35. The first kappa shape index (κ1) is 27.7. The molecule has 0 bridgehead atoms. The minimum atomic E-state index is -0.837. The van der Waals surface area contributed by atoms with Crippen LogP contribution in [0.3, 0.4) is 0 Å². The Morgan fingerprint density at radius 3 is 2.35 bits per heavy atom. The Kier molecular flexibility index (Phi) is 9.95. The fraction of sp³-hybridized carbons (Fsp3) is 0.667. The Hall–Kier alpha value is -2.57. The molecule has 1 aliphatic rings. The third kappa shape index (κ3) is 7.74. The van der Waals surface area contributed by atoms with Gasteiger partial charge in [-0.25, -0.2) is 4.79 Å². The first-order chi connectivity index (χ1) is 15.9. The van der Waals surface area contributed by atoms with E-state index in [9.17, 15) is 14.4 Å². The highest BCUT2D eigenvalue weighted by Gasteiger charge is 2.36.